The van der Waals surface area contributed by atoms with Crippen LogP contribution in [0.4, 0.5) is 0 Å². The molecule has 1 aliphatic heterocycles. The van der Waals surface area contributed by atoms with Gasteiger partial charge in [-0.3, -0.25) is 4.79 Å². The SMILES string of the molecule is Cl.NC1(C(=O)N2CCN(S(=O)(=O)Cc3ccon3)CC2)CCCC1. The highest BCUT2D eigenvalue weighted by Gasteiger charge is 2.41. The van der Waals surface area contributed by atoms with E-state index >= 15 is 0 Å². The van der Waals surface area contributed by atoms with Crippen LogP contribution in [0.25, 0.3) is 0 Å². The van der Waals surface area contributed by atoms with Crippen LogP contribution in [0, 0.1) is 0 Å². The summed E-state index contributed by atoms with van der Waals surface area (Å²) in [6, 6.07) is 1.54. The molecule has 2 N–H and O–H groups in total. The number of halogens is 1. The molecule has 2 fully saturated rings. The second-order valence-corrected chi connectivity index (χ2v) is 8.27. The highest BCUT2D eigenvalue weighted by atomic mass is 35.5. The molecule has 0 aromatic carbocycles. The highest BCUT2D eigenvalue weighted by Crippen LogP contribution is 2.29. The van der Waals surface area contributed by atoms with Crippen molar-refractivity contribution in [3.8, 4) is 0 Å². The summed E-state index contributed by atoms with van der Waals surface area (Å²) in [5.41, 5.74) is 5.84. The third kappa shape index (κ3) is 3.90. The highest BCUT2D eigenvalue weighted by molar-refractivity contribution is 7.88. The summed E-state index contributed by atoms with van der Waals surface area (Å²) in [5, 5.41) is 3.64. The molecule has 0 atom stereocenters. The lowest BCUT2D eigenvalue weighted by Gasteiger charge is -2.37. The Bertz CT molecular complexity index is 650. The monoisotopic (exact) mass is 378 g/mol. The number of sulfonamides is 1. The van der Waals surface area contributed by atoms with Gasteiger partial charge in [0.05, 0.1) is 11.2 Å². The number of hydrogen-bond donors (Lipinski definition) is 1. The summed E-state index contributed by atoms with van der Waals surface area (Å²) in [6.45, 7) is 1.36. The summed E-state index contributed by atoms with van der Waals surface area (Å²) >= 11 is 0. The van der Waals surface area contributed by atoms with E-state index in [1.165, 1.54) is 16.6 Å². The third-order valence-electron chi connectivity index (χ3n) is 4.66. The van der Waals surface area contributed by atoms with Gasteiger partial charge in [0.15, 0.2) is 0 Å². The largest absolute Gasteiger partial charge is 0.364 e. The van der Waals surface area contributed by atoms with Gasteiger partial charge in [0.1, 0.15) is 12.0 Å². The smallest absolute Gasteiger partial charge is 0.242 e. The molecule has 1 saturated carbocycles. The number of aromatic nitrogens is 1. The van der Waals surface area contributed by atoms with Crippen LogP contribution >= 0.6 is 12.4 Å². The van der Waals surface area contributed by atoms with Crippen LogP contribution < -0.4 is 5.73 Å². The number of carbonyl (C=O) groups is 1. The first-order chi connectivity index (χ1) is 10.9. The van der Waals surface area contributed by atoms with Crippen molar-refractivity contribution in [2.24, 2.45) is 5.73 Å². The molecule has 24 heavy (non-hydrogen) atoms. The van der Waals surface area contributed by atoms with Crippen molar-refractivity contribution in [1.82, 2.24) is 14.4 Å². The molecule has 2 heterocycles. The maximum absolute atomic E-state index is 12.5. The lowest BCUT2D eigenvalue weighted by Crippen LogP contribution is -2.59. The molecule has 0 spiro atoms. The Balaban J connectivity index is 0.00000208. The molecule has 0 unspecified atom stereocenters. The number of rotatable bonds is 4. The van der Waals surface area contributed by atoms with E-state index in [0.29, 0.717) is 31.9 Å². The molecule has 1 aromatic rings. The quantitative estimate of drug-likeness (QED) is 0.809. The van der Waals surface area contributed by atoms with E-state index in [1.807, 2.05) is 0 Å². The van der Waals surface area contributed by atoms with E-state index < -0.39 is 15.6 Å². The Morgan fingerprint density at radius 1 is 1.25 bits per heavy atom. The van der Waals surface area contributed by atoms with Crippen molar-refractivity contribution in [1.29, 1.82) is 0 Å². The molecule has 136 valence electrons. The predicted octanol–water partition coefficient (Wildman–Crippen LogP) is 0.342. The first-order valence-corrected chi connectivity index (χ1v) is 9.47. The number of nitrogens with two attached hydrogens (primary N) is 1. The van der Waals surface area contributed by atoms with Crippen LogP contribution in [-0.2, 0) is 20.6 Å². The standard InChI is InChI=1S/C14H22N4O4S.ClH/c15-14(4-1-2-5-14)13(19)17-6-8-18(9-7-17)23(20,21)11-12-3-10-22-16-12;/h3,10H,1-2,4-9,11,15H2;1H. The van der Waals surface area contributed by atoms with Gasteiger partial charge in [-0.05, 0) is 12.8 Å². The maximum atomic E-state index is 12.5. The van der Waals surface area contributed by atoms with Crippen molar-refractivity contribution < 1.29 is 17.7 Å². The molecule has 0 bridgehead atoms. The molecule has 2 aliphatic rings. The van der Waals surface area contributed by atoms with Crippen LogP contribution in [0.3, 0.4) is 0 Å². The van der Waals surface area contributed by atoms with Crippen molar-refractivity contribution in [3.63, 3.8) is 0 Å². The molecule has 10 heteroatoms. The Hall–Kier alpha value is -1.16. The first-order valence-electron chi connectivity index (χ1n) is 7.86. The number of hydrogen-bond acceptors (Lipinski definition) is 6. The van der Waals surface area contributed by atoms with E-state index in [0.717, 1.165) is 25.7 Å². The van der Waals surface area contributed by atoms with Crippen molar-refractivity contribution >= 4 is 28.3 Å². The van der Waals surface area contributed by atoms with Gasteiger partial charge in [-0.2, -0.15) is 4.31 Å². The summed E-state index contributed by atoms with van der Waals surface area (Å²) in [7, 11) is -3.45. The number of nitrogens with zero attached hydrogens (tertiary/aromatic N) is 3. The Kier molecular flexibility index (Phi) is 5.90. The van der Waals surface area contributed by atoms with Crippen molar-refractivity contribution in [2.45, 2.75) is 37.0 Å². The molecular formula is C14H23ClN4O4S. The maximum Gasteiger partial charge on any atom is 0.242 e. The normalized spacial score (nSPS) is 21.5. The molecule has 1 amide bonds. The van der Waals surface area contributed by atoms with Gasteiger partial charge in [-0.25, -0.2) is 8.42 Å². The minimum absolute atomic E-state index is 0. The number of piperazine rings is 1. The van der Waals surface area contributed by atoms with Gasteiger partial charge in [0.25, 0.3) is 0 Å². The Morgan fingerprint density at radius 2 is 1.88 bits per heavy atom. The average Bonchev–Trinajstić information content (AvgIpc) is 3.19. The van der Waals surface area contributed by atoms with Crippen LogP contribution in [0.2, 0.25) is 0 Å². The molecular weight excluding hydrogens is 356 g/mol. The Labute approximate surface area is 147 Å². The zero-order chi connectivity index (χ0) is 16.5. The van der Waals surface area contributed by atoms with Gasteiger partial charge in [-0.1, -0.05) is 18.0 Å². The fourth-order valence-corrected chi connectivity index (χ4v) is 4.72. The van der Waals surface area contributed by atoms with E-state index in [4.69, 9.17) is 5.73 Å². The molecule has 3 rings (SSSR count). The molecule has 1 aromatic heterocycles. The van der Waals surface area contributed by atoms with E-state index in [-0.39, 0.29) is 24.1 Å². The zero-order valence-corrected chi connectivity index (χ0v) is 15.0. The molecule has 8 nitrogen and oxygen atoms in total. The van der Waals surface area contributed by atoms with Crippen LogP contribution in [0.1, 0.15) is 31.4 Å². The summed E-state index contributed by atoms with van der Waals surface area (Å²) in [4.78, 5) is 14.2. The van der Waals surface area contributed by atoms with Gasteiger partial charge < -0.3 is 15.2 Å². The van der Waals surface area contributed by atoms with Crippen molar-refractivity contribution in [3.05, 3.63) is 18.0 Å². The molecule has 0 radical (unpaired) electrons. The van der Waals surface area contributed by atoms with Crippen LogP contribution in [0.5, 0.6) is 0 Å². The summed E-state index contributed by atoms with van der Waals surface area (Å²) in [5.74, 6) is -0.221. The van der Waals surface area contributed by atoms with E-state index in [1.54, 1.807) is 4.90 Å². The second kappa shape index (κ2) is 7.38. The minimum Gasteiger partial charge on any atom is -0.364 e. The lowest BCUT2D eigenvalue weighted by molar-refractivity contribution is -0.138. The minimum atomic E-state index is -3.45. The van der Waals surface area contributed by atoms with Crippen LogP contribution in [-0.4, -0.2) is 60.4 Å². The third-order valence-corrected chi connectivity index (χ3v) is 6.47. The molecule has 1 saturated heterocycles. The van der Waals surface area contributed by atoms with Crippen LogP contribution in [0.15, 0.2) is 16.9 Å². The fraction of sp³-hybridized carbons (Fsp3) is 0.714. The fourth-order valence-electron chi connectivity index (χ4n) is 3.29. The topological polar surface area (TPSA) is 110 Å². The van der Waals surface area contributed by atoms with Gasteiger partial charge in [0.2, 0.25) is 15.9 Å². The second-order valence-electron chi connectivity index (χ2n) is 6.30. The molecule has 1 aliphatic carbocycles. The van der Waals surface area contributed by atoms with Gasteiger partial charge in [0, 0.05) is 32.2 Å². The summed E-state index contributed by atoms with van der Waals surface area (Å²) in [6.07, 6.45) is 4.75. The predicted molar refractivity (Wildman–Crippen MR) is 89.9 cm³/mol. The van der Waals surface area contributed by atoms with E-state index in [2.05, 4.69) is 9.68 Å². The average molecular weight is 379 g/mol. The number of amides is 1. The zero-order valence-electron chi connectivity index (χ0n) is 13.4. The summed E-state index contributed by atoms with van der Waals surface area (Å²) < 4.78 is 30.8. The van der Waals surface area contributed by atoms with Gasteiger partial charge in [-0.15, -0.1) is 12.4 Å². The van der Waals surface area contributed by atoms with Crippen molar-refractivity contribution in [2.75, 3.05) is 26.2 Å². The lowest BCUT2D eigenvalue weighted by atomic mass is 9.97. The number of carbonyl (C=O) groups excluding carboxylic acids is 1. The van der Waals surface area contributed by atoms with E-state index in [9.17, 15) is 13.2 Å². The first kappa shape index (κ1) is 19.2. The Morgan fingerprint density at radius 3 is 2.42 bits per heavy atom. The van der Waals surface area contributed by atoms with Gasteiger partial charge >= 0.3 is 0 Å².